The van der Waals surface area contributed by atoms with Crippen LogP contribution in [0.5, 0.6) is 0 Å². The highest BCUT2D eigenvalue weighted by Gasteiger charge is 2.07. The Hall–Kier alpha value is -3.53. The maximum atomic E-state index is 12.9. The molecule has 0 aliphatic heterocycles. The summed E-state index contributed by atoms with van der Waals surface area (Å²) in [6, 6.07) is 14.6. The highest BCUT2D eigenvalue weighted by atomic mass is 19.1. The zero-order chi connectivity index (χ0) is 16.9. The first kappa shape index (κ1) is 15.4. The van der Waals surface area contributed by atoms with Crippen molar-refractivity contribution in [1.82, 2.24) is 15.2 Å². The molecule has 0 aliphatic carbocycles. The third-order valence-electron chi connectivity index (χ3n) is 3.30. The Morgan fingerprint density at radius 1 is 1.17 bits per heavy atom. The van der Waals surface area contributed by atoms with Crippen molar-refractivity contribution in [2.24, 2.45) is 0 Å². The number of anilines is 2. The SMILES string of the molecule is N#Cc1cccc(Nc2nnc(Cc3ccc(F)cc3)c(=O)[nH]2)c1. The monoisotopic (exact) mass is 321 g/mol. The molecule has 1 heterocycles. The van der Waals surface area contributed by atoms with Gasteiger partial charge >= 0.3 is 0 Å². The third kappa shape index (κ3) is 3.62. The van der Waals surface area contributed by atoms with Crippen molar-refractivity contribution in [3.8, 4) is 6.07 Å². The highest BCUT2D eigenvalue weighted by Crippen LogP contribution is 2.13. The molecule has 0 spiro atoms. The summed E-state index contributed by atoms with van der Waals surface area (Å²) >= 11 is 0. The van der Waals surface area contributed by atoms with Crippen LogP contribution in [0.2, 0.25) is 0 Å². The first-order valence-corrected chi connectivity index (χ1v) is 7.11. The summed E-state index contributed by atoms with van der Waals surface area (Å²) in [6.45, 7) is 0. The van der Waals surface area contributed by atoms with E-state index in [0.29, 0.717) is 11.3 Å². The van der Waals surface area contributed by atoms with Crippen molar-refractivity contribution < 1.29 is 4.39 Å². The van der Waals surface area contributed by atoms with Gasteiger partial charge < -0.3 is 5.32 Å². The number of nitrogens with zero attached hydrogens (tertiary/aromatic N) is 3. The Balaban J connectivity index is 1.78. The lowest BCUT2D eigenvalue weighted by molar-refractivity contribution is 0.627. The van der Waals surface area contributed by atoms with E-state index in [4.69, 9.17) is 5.26 Å². The largest absolute Gasteiger partial charge is 0.324 e. The maximum Gasteiger partial charge on any atom is 0.274 e. The number of halogens is 1. The molecule has 2 aromatic carbocycles. The van der Waals surface area contributed by atoms with E-state index in [1.165, 1.54) is 12.1 Å². The van der Waals surface area contributed by atoms with Crippen LogP contribution in [0.4, 0.5) is 16.0 Å². The molecule has 0 fully saturated rings. The van der Waals surface area contributed by atoms with E-state index in [1.54, 1.807) is 36.4 Å². The summed E-state index contributed by atoms with van der Waals surface area (Å²) in [5.74, 6) is -0.157. The lowest BCUT2D eigenvalue weighted by atomic mass is 10.1. The number of H-pyrrole nitrogens is 1. The van der Waals surface area contributed by atoms with Gasteiger partial charge in [0.15, 0.2) is 0 Å². The summed E-state index contributed by atoms with van der Waals surface area (Å²) in [7, 11) is 0. The Kier molecular flexibility index (Phi) is 4.29. The molecular formula is C17H12FN5O. The van der Waals surface area contributed by atoms with Gasteiger partial charge in [-0.2, -0.15) is 5.26 Å². The van der Waals surface area contributed by atoms with Crippen molar-refractivity contribution in [2.75, 3.05) is 5.32 Å². The summed E-state index contributed by atoms with van der Waals surface area (Å²) in [5.41, 5.74) is 1.72. The van der Waals surface area contributed by atoms with Gasteiger partial charge in [0.25, 0.3) is 5.56 Å². The predicted molar refractivity (Wildman–Crippen MR) is 86.3 cm³/mol. The summed E-state index contributed by atoms with van der Waals surface area (Å²) < 4.78 is 12.9. The van der Waals surface area contributed by atoms with Gasteiger partial charge in [0.05, 0.1) is 11.6 Å². The van der Waals surface area contributed by atoms with Crippen LogP contribution in [0, 0.1) is 17.1 Å². The van der Waals surface area contributed by atoms with Crippen LogP contribution >= 0.6 is 0 Å². The maximum absolute atomic E-state index is 12.9. The normalized spacial score (nSPS) is 10.2. The van der Waals surface area contributed by atoms with Gasteiger partial charge in [-0.05, 0) is 35.9 Å². The molecular weight excluding hydrogens is 309 g/mol. The molecule has 0 saturated carbocycles. The molecule has 24 heavy (non-hydrogen) atoms. The molecule has 0 aliphatic rings. The van der Waals surface area contributed by atoms with Crippen LogP contribution in [0.3, 0.4) is 0 Å². The number of nitrogens with one attached hydrogen (secondary N) is 2. The Morgan fingerprint density at radius 3 is 2.67 bits per heavy atom. The molecule has 3 aromatic rings. The van der Waals surface area contributed by atoms with E-state index in [0.717, 1.165) is 5.56 Å². The molecule has 118 valence electrons. The lowest BCUT2D eigenvalue weighted by Crippen LogP contribution is -2.18. The number of aromatic amines is 1. The van der Waals surface area contributed by atoms with Gasteiger partial charge in [0.1, 0.15) is 11.5 Å². The van der Waals surface area contributed by atoms with E-state index in [1.807, 2.05) is 6.07 Å². The smallest absolute Gasteiger partial charge is 0.274 e. The zero-order valence-electron chi connectivity index (χ0n) is 12.5. The van der Waals surface area contributed by atoms with E-state index in [2.05, 4.69) is 20.5 Å². The van der Waals surface area contributed by atoms with Gasteiger partial charge in [-0.25, -0.2) is 4.39 Å². The number of rotatable bonds is 4. The van der Waals surface area contributed by atoms with Crippen molar-refractivity contribution in [3.05, 3.63) is 81.5 Å². The second kappa shape index (κ2) is 6.71. The molecule has 0 unspecified atom stereocenters. The zero-order valence-corrected chi connectivity index (χ0v) is 12.5. The minimum atomic E-state index is -0.381. The molecule has 0 bridgehead atoms. The van der Waals surface area contributed by atoms with E-state index < -0.39 is 0 Å². The van der Waals surface area contributed by atoms with Crippen molar-refractivity contribution in [3.63, 3.8) is 0 Å². The second-order valence-corrected chi connectivity index (χ2v) is 5.07. The number of aromatic nitrogens is 3. The Bertz CT molecular complexity index is 960. The van der Waals surface area contributed by atoms with Gasteiger partial charge in [-0.15, -0.1) is 10.2 Å². The van der Waals surface area contributed by atoms with Crippen LogP contribution in [0.25, 0.3) is 0 Å². The van der Waals surface area contributed by atoms with Crippen LogP contribution < -0.4 is 10.9 Å². The number of hydrogen-bond acceptors (Lipinski definition) is 5. The topological polar surface area (TPSA) is 94.5 Å². The van der Waals surface area contributed by atoms with Crippen molar-refractivity contribution >= 4 is 11.6 Å². The first-order valence-electron chi connectivity index (χ1n) is 7.11. The number of nitriles is 1. The summed E-state index contributed by atoms with van der Waals surface area (Å²) in [5, 5.41) is 19.6. The average molecular weight is 321 g/mol. The van der Waals surface area contributed by atoms with E-state index >= 15 is 0 Å². The van der Waals surface area contributed by atoms with Gasteiger partial charge in [-0.3, -0.25) is 9.78 Å². The minimum absolute atomic E-state index is 0.179. The second-order valence-electron chi connectivity index (χ2n) is 5.07. The van der Waals surface area contributed by atoms with Crippen LogP contribution in [0.15, 0.2) is 53.3 Å². The standard InChI is InChI=1S/C17H12FN5O/c18-13-6-4-11(5-7-13)9-15-16(24)21-17(23-22-15)20-14-3-1-2-12(8-14)10-19/h1-8H,9H2,(H2,20,21,23,24). The molecule has 6 nitrogen and oxygen atoms in total. The molecule has 0 amide bonds. The predicted octanol–water partition coefficient (Wildman–Crippen LogP) is 2.51. The molecule has 0 atom stereocenters. The van der Waals surface area contributed by atoms with Crippen LogP contribution in [-0.2, 0) is 6.42 Å². The van der Waals surface area contributed by atoms with Gasteiger partial charge in [-0.1, -0.05) is 18.2 Å². The molecule has 1 aromatic heterocycles. The molecule has 3 rings (SSSR count). The van der Waals surface area contributed by atoms with Crippen molar-refractivity contribution in [2.45, 2.75) is 6.42 Å². The summed E-state index contributed by atoms with van der Waals surface area (Å²) in [4.78, 5) is 14.7. The highest BCUT2D eigenvalue weighted by molar-refractivity contribution is 5.55. The molecule has 0 radical (unpaired) electrons. The number of hydrogen-bond donors (Lipinski definition) is 2. The Labute approximate surface area is 136 Å². The fourth-order valence-corrected chi connectivity index (χ4v) is 2.13. The quantitative estimate of drug-likeness (QED) is 0.770. The molecule has 2 N–H and O–H groups in total. The third-order valence-corrected chi connectivity index (χ3v) is 3.30. The average Bonchev–Trinajstić information content (AvgIpc) is 2.59. The van der Waals surface area contributed by atoms with E-state index in [-0.39, 0.29) is 29.4 Å². The van der Waals surface area contributed by atoms with E-state index in [9.17, 15) is 9.18 Å². The summed E-state index contributed by atoms with van der Waals surface area (Å²) in [6.07, 6.45) is 0.257. The fraction of sp³-hybridized carbons (Fsp3) is 0.0588. The van der Waals surface area contributed by atoms with Crippen molar-refractivity contribution in [1.29, 1.82) is 5.26 Å². The van der Waals surface area contributed by atoms with Gasteiger partial charge in [0, 0.05) is 12.1 Å². The minimum Gasteiger partial charge on any atom is -0.324 e. The molecule has 7 heteroatoms. The molecule has 0 saturated heterocycles. The van der Waals surface area contributed by atoms with Gasteiger partial charge in [0.2, 0.25) is 5.95 Å². The van der Waals surface area contributed by atoms with Crippen LogP contribution in [0.1, 0.15) is 16.8 Å². The van der Waals surface area contributed by atoms with Crippen LogP contribution in [-0.4, -0.2) is 15.2 Å². The first-order chi connectivity index (χ1) is 11.6. The Morgan fingerprint density at radius 2 is 1.96 bits per heavy atom. The fourth-order valence-electron chi connectivity index (χ4n) is 2.13. The lowest BCUT2D eigenvalue weighted by Gasteiger charge is -2.06. The number of benzene rings is 2.